The Bertz CT molecular complexity index is 1230. The van der Waals surface area contributed by atoms with Gasteiger partial charge in [-0.3, -0.25) is 14.9 Å². The smallest absolute Gasteiger partial charge is 0.345 e. The highest BCUT2D eigenvalue weighted by molar-refractivity contribution is 6.33. The Morgan fingerprint density at radius 2 is 1.97 bits per heavy atom. The summed E-state index contributed by atoms with van der Waals surface area (Å²) in [6, 6.07) is 14.7. The summed E-state index contributed by atoms with van der Waals surface area (Å²) in [6.07, 6.45) is 2.86. The summed E-state index contributed by atoms with van der Waals surface area (Å²) in [6.45, 7) is 0.144. The number of carbonyl (C=O) groups is 2. The lowest BCUT2D eigenvalue weighted by atomic mass is 10.1. The first-order chi connectivity index (χ1) is 15.4. The van der Waals surface area contributed by atoms with Crippen LogP contribution >= 0.6 is 11.6 Å². The molecule has 160 valence electrons. The lowest BCUT2D eigenvalue weighted by Crippen LogP contribution is -2.23. The van der Waals surface area contributed by atoms with Crippen molar-refractivity contribution in [3.63, 3.8) is 0 Å². The molecule has 3 rings (SSSR count). The second-order valence-electron chi connectivity index (χ2n) is 6.31. The molecule has 0 aliphatic carbocycles. The second kappa shape index (κ2) is 10.1. The first-order valence-electron chi connectivity index (χ1n) is 9.06. The van der Waals surface area contributed by atoms with Crippen LogP contribution in [0.15, 0.2) is 70.9 Å². The van der Waals surface area contributed by atoms with Gasteiger partial charge >= 0.3 is 5.97 Å². The van der Waals surface area contributed by atoms with Gasteiger partial charge in [-0.05, 0) is 42.0 Å². The number of nitro benzene ring substituents is 1. The van der Waals surface area contributed by atoms with Crippen molar-refractivity contribution in [2.75, 3.05) is 0 Å². The molecule has 0 atom stereocenters. The number of nitrogens with zero attached hydrogens (tertiary/aromatic N) is 2. The average Bonchev–Trinajstić information content (AvgIpc) is 3.30. The number of hydrogen-bond acceptors (Lipinski definition) is 7. The first-order valence-corrected chi connectivity index (χ1v) is 9.43. The van der Waals surface area contributed by atoms with Crippen LogP contribution in [0.1, 0.15) is 21.7 Å². The van der Waals surface area contributed by atoms with Crippen LogP contribution in [0.4, 0.5) is 5.69 Å². The fourth-order valence-electron chi connectivity index (χ4n) is 2.57. The summed E-state index contributed by atoms with van der Waals surface area (Å²) in [5.41, 5.74) is 0.146. The van der Waals surface area contributed by atoms with Crippen LogP contribution in [-0.2, 0) is 11.3 Å². The molecule has 10 heteroatoms. The minimum atomic E-state index is -0.789. The van der Waals surface area contributed by atoms with Crippen molar-refractivity contribution in [3.8, 4) is 11.8 Å². The molecular weight excluding hydrogens is 438 g/mol. The zero-order chi connectivity index (χ0) is 23.1. The summed E-state index contributed by atoms with van der Waals surface area (Å²) in [7, 11) is 0. The van der Waals surface area contributed by atoms with Crippen molar-refractivity contribution < 1.29 is 23.7 Å². The number of carbonyl (C=O) groups excluding carboxylic acids is 2. The van der Waals surface area contributed by atoms with E-state index in [2.05, 4.69) is 5.32 Å². The molecule has 0 saturated heterocycles. The Balaban J connectivity index is 1.66. The second-order valence-corrected chi connectivity index (χ2v) is 6.72. The summed E-state index contributed by atoms with van der Waals surface area (Å²) in [5.74, 6) is -0.618. The Morgan fingerprint density at radius 1 is 1.22 bits per heavy atom. The van der Waals surface area contributed by atoms with Crippen molar-refractivity contribution in [2.45, 2.75) is 6.54 Å². The number of hydrogen-bond donors (Lipinski definition) is 1. The van der Waals surface area contributed by atoms with E-state index in [1.54, 1.807) is 24.3 Å². The van der Waals surface area contributed by atoms with E-state index in [9.17, 15) is 25.0 Å². The lowest BCUT2D eigenvalue weighted by Gasteiger charge is -2.06. The van der Waals surface area contributed by atoms with Crippen molar-refractivity contribution in [1.82, 2.24) is 5.32 Å². The van der Waals surface area contributed by atoms with Crippen LogP contribution in [0.5, 0.6) is 5.75 Å². The molecule has 3 aromatic rings. The minimum absolute atomic E-state index is 0.0266. The molecule has 0 aliphatic rings. The van der Waals surface area contributed by atoms with Crippen LogP contribution in [0.3, 0.4) is 0 Å². The van der Waals surface area contributed by atoms with Crippen LogP contribution in [-0.4, -0.2) is 16.8 Å². The molecule has 0 fully saturated rings. The molecule has 0 bridgehead atoms. The largest absolute Gasteiger partial charge is 0.467 e. The van der Waals surface area contributed by atoms with Gasteiger partial charge in [-0.25, -0.2) is 4.79 Å². The third-order valence-electron chi connectivity index (χ3n) is 4.15. The van der Waals surface area contributed by atoms with Gasteiger partial charge in [-0.15, -0.1) is 0 Å². The zero-order valence-electron chi connectivity index (χ0n) is 16.3. The van der Waals surface area contributed by atoms with E-state index in [0.717, 1.165) is 12.1 Å². The molecule has 1 heterocycles. The fraction of sp³-hybridized carbons (Fsp3) is 0.0455. The normalized spacial score (nSPS) is 10.8. The van der Waals surface area contributed by atoms with Gasteiger partial charge in [0.15, 0.2) is 0 Å². The van der Waals surface area contributed by atoms with E-state index in [1.807, 2.05) is 6.07 Å². The number of ether oxygens (including phenoxy) is 1. The molecule has 1 amide bonds. The third kappa shape index (κ3) is 5.59. The van der Waals surface area contributed by atoms with Gasteiger partial charge in [0, 0.05) is 12.1 Å². The van der Waals surface area contributed by atoms with Gasteiger partial charge in [0.25, 0.3) is 11.6 Å². The quantitative estimate of drug-likeness (QED) is 0.141. The summed E-state index contributed by atoms with van der Waals surface area (Å²) < 4.78 is 10.3. The molecule has 0 radical (unpaired) electrons. The highest BCUT2D eigenvalue weighted by Crippen LogP contribution is 2.24. The topological polar surface area (TPSA) is 135 Å². The molecule has 1 N–H and O–H groups in total. The van der Waals surface area contributed by atoms with E-state index in [-0.39, 0.29) is 34.1 Å². The number of halogens is 1. The number of benzene rings is 2. The standard InChI is InChI=1S/C22H14ClN3O6/c23-20-11-16(26(29)30)5-8-19(20)22(28)32-17-6-3-14(4-7-17)10-15(12-24)21(27)25-13-18-2-1-9-31-18/h1-11H,13H2,(H,25,27). The number of esters is 1. The maximum Gasteiger partial charge on any atom is 0.345 e. The monoisotopic (exact) mass is 451 g/mol. The molecule has 0 unspecified atom stereocenters. The highest BCUT2D eigenvalue weighted by atomic mass is 35.5. The summed E-state index contributed by atoms with van der Waals surface area (Å²) >= 11 is 5.93. The molecular formula is C22H14ClN3O6. The number of non-ortho nitro benzene ring substituents is 1. The number of nitro groups is 1. The van der Waals surface area contributed by atoms with Gasteiger partial charge in [-0.2, -0.15) is 5.26 Å². The van der Waals surface area contributed by atoms with Gasteiger partial charge in [0.2, 0.25) is 0 Å². The molecule has 9 nitrogen and oxygen atoms in total. The van der Waals surface area contributed by atoms with Crippen molar-refractivity contribution >= 4 is 35.2 Å². The van der Waals surface area contributed by atoms with E-state index in [4.69, 9.17) is 20.8 Å². The number of nitriles is 1. The molecule has 0 saturated carbocycles. The first kappa shape index (κ1) is 22.3. The maximum atomic E-state index is 12.3. The SMILES string of the molecule is N#CC(=Cc1ccc(OC(=O)c2ccc([N+](=O)[O-])cc2Cl)cc1)C(=O)NCc1ccco1. The van der Waals surface area contributed by atoms with Crippen LogP contribution in [0.25, 0.3) is 6.08 Å². The van der Waals surface area contributed by atoms with E-state index in [0.29, 0.717) is 11.3 Å². The van der Waals surface area contributed by atoms with Crippen molar-refractivity contribution in [3.05, 3.63) is 98.5 Å². The predicted molar refractivity (Wildman–Crippen MR) is 114 cm³/mol. The Kier molecular flexibility index (Phi) is 7.00. The van der Waals surface area contributed by atoms with E-state index < -0.39 is 16.8 Å². The number of nitrogens with one attached hydrogen (secondary N) is 1. The molecule has 2 aromatic carbocycles. The van der Waals surface area contributed by atoms with Crippen LogP contribution in [0, 0.1) is 21.4 Å². The highest BCUT2D eigenvalue weighted by Gasteiger charge is 2.17. The van der Waals surface area contributed by atoms with E-state index in [1.165, 1.54) is 30.5 Å². The van der Waals surface area contributed by atoms with Crippen LogP contribution < -0.4 is 10.1 Å². The Labute approximate surface area is 186 Å². The summed E-state index contributed by atoms with van der Waals surface area (Å²) in [4.78, 5) is 34.6. The fourth-order valence-corrected chi connectivity index (χ4v) is 2.82. The average molecular weight is 452 g/mol. The predicted octanol–water partition coefficient (Wildman–Crippen LogP) is 4.28. The Hall–Kier alpha value is -4.42. The van der Waals surface area contributed by atoms with Gasteiger partial charge in [-0.1, -0.05) is 23.7 Å². The number of rotatable bonds is 7. The molecule has 0 spiro atoms. The van der Waals surface area contributed by atoms with Crippen molar-refractivity contribution in [1.29, 1.82) is 5.26 Å². The molecule has 0 aliphatic heterocycles. The maximum absolute atomic E-state index is 12.3. The van der Waals surface area contributed by atoms with Gasteiger partial charge in [0.05, 0.1) is 28.3 Å². The van der Waals surface area contributed by atoms with E-state index >= 15 is 0 Å². The summed E-state index contributed by atoms with van der Waals surface area (Å²) in [5, 5.41) is 22.5. The van der Waals surface area contributed by atoms with Crippen molar-refractivity contribution in [2.24, 2.45) is 0 Å². The van der Waals surface area contributed by atoms with Gasteiger partial charge in [0.1, 0.15) is 23.2 Å². The number of furan rings is 1. The Morgan fingerprint density at radius 3 is 2.56 bits per heavy atom. The molecule has 1 aromatic heterocycles. The lowest BCUT2D eigenvalue weighted by molar-refractivity contribution is -0.384. The zero-order valence-corrected chi connectivity index (χ0v) is 17.0. The van der Waals surface area contributed by atoms with Crippen LogP contribution in [0.2, 0.25) is 5.02 Å². The van der Waals surface area contributed by atoms with Gasteiger partial charge < -0.3 is 14.5 Å². The third-order valence-corrected chi connectivity index (χ3v) is 4.47. The minimum Gasteiger partial charge on any atom is -0.467 e. The molecule has 32 heavy (non-hydrogen) atoms. The number of amides is 1.